The number of ether oxygens (including phenoxy) is 1. The molecule has 1 heterocycles. The number of aliphatic imine (C=N–C) groups is 1. The monoisotopic (exact) mass is 290 g/mol. The van der Waals surface area contributed by atoms with E-state index in [9.17, 15) is 0 Å². The van der Waals surface area contributed by atoms with Crippen molar-refractivity contribution in [3.05, 3.63) is 23.9 Å². The van der Waals surface area contributed by atoms with Gasteiger partial charge in [0, 0.05) is 18.3 Å². The summed E-state index contributed by atoms with van der Waals surface area (Å²) in [4.78, 5) is 8.64. The van der Waals surface area contributed by atoms with Gasteiger partial charge in [0.1, 0.15) is 0 Å². The summed E-state index contributed by atoms with van der Waals surface area (Å²) in [7, 11) is 0. The van der Waals surface area contributed by atoms with E-state index in [0.717, 1.165) is 12.0 Å². The summed E-state index contributed by atoms with van der Waals surface area (Å²) in [6.45, 7) is 3.32. The topological polar surface area (TPSA) is 72.5 Å². The van der Waals surface area contributed by atoms with E-state index < -0.39 is 0 Å². The van der Waals surface area contributed by atoms with Gasteiger partial charge in [-0.15, -0.1) is 0 Å². The Kier molecular flexibility index (Phi) is 6.31. The summed E-state index contributed by atoms with van der Waals surface area (Å²) in [6, 6.07) is 4.35. The lowest BCUT2D eigenvalue weighted by Crippen LogP contribution is -2.41. The van der Waals surface area contributed by atoms with Crippen LogP contribution in [0.15, 0.2) is 23.3 Å². The van der Waals surface area contributed by atoms with Gasteiger partial charge in [-0.05, 0) is 24.8 Å². The minimum Gasteiger partial charge on any atom is -0.478 e. The minimum atomic E-state index is 0.491. The van der Waals surface area contributed by atoms with Crippen LogP contribution < -0.4 is 15.8 Å². The Bertz CT molecular complexity index is 438. The maximum Gasteiger partial charge on any atom is 0.213 e. The third kappa shape index (κ3) is 5.61. The molecule has 0 bridgehead atoms. The average Bonchev–Trinajstić information content (AvgIpc) is 2.53. The molecule has 0 atom stereocenters. The van der Waals surface area contributed by atoms with Crippen molar-refractivity contribution in [2.24, 2.45) is 10.7 Å². The Morgan fingerprint density at radius 2 is 2.19 bits per heavy atom. The van der Waals surface area contributed by atoms with Crippen molar-refractivity contribution in [3.63, 3.8) is 0 Å². The lowest BCUT2D eigenvalue weighted by molar-refractivity contribution is 0.305. The predicted molar refractivity (Wildman–Crippen MR) is 85.4 cm³/mol. The Morgan fingerprint density at radius 1 is 1.38 bits per heavy atom. The average molecular weight is 290 g/mol. The largest absolute Gasteiger partial charge is 0.478 e. The molecule has 5 heteroatoms. The molecule has 1 fully saturated rings. The zero-order valence-electron chi connectivity index (χ0n) is 12.8. The van der Waals surface area contributed by atoms with Crippen LogP contribution in [0.1, 0.15) is 51.0 Å². The van der Waals surface area contributed by atoms with Gasteiger partial charge in [-0.1, -0.05) is 32.3 Å². The highest BCUT2D eigenvalue weighted by atomic mass is 16.5. The summed E-state index contributed by atoms with van der Waals surface area (Å²) < 4.78 is 5.45. The summed E-state index contributed by atoms with van der Waals surface area (Å²) in [6.07, 6.45) is 9.08. The zero-order valence-corrected chi connectivity index (χ0v) is 12.8. The molecule has 21 heavy (non-hydrogen) atoms. The first kappa shape index (κ1) is 15.6. The first-order valence-corrected chi connectivity index (χ1v) is 7.92. The van der Waals surface area contributed by atoms with Crippen LogP contribution in [0.4, 0.5) is 0 Å². The SMILES string of the molecule is CCCOc1ccc(CN=C(N)NC2CCCCC2)cn1. The molecular weight excluding hydrogens is 264 g/mol. The zero-order chi connectivity index (χ0) is 14.9. The molecule has 3 N–H and O–H groups in total. The number of hydrogen-bond donors (Lipinski definition) is 2. The van der Waals surface area contributed by atoms with E-state index in [2.05, 4.69) is 22.2 Å². The lowest BCUT2D eigenvalue weighted by Gasteiger charge is -2.23. The number of hydrogen-bond acceptors (Lipinski definition) is 3. The van der Waals surface area contributed by atoms with Gasteiger partial charge >= 0.3 is 0 Å². The van der Waals surface area contributed by atoms with Crippen molar-refractivity contribution in [1.82, 2.24) is 10.3 Å². The van der Waals surface area contributed by atoms with Gasteiger partial charge in [0.05, 0.1) is 13.2 Å². The van der Waals surface area contributed by atoms with Gasteiger partial charge in [0.25, 0.3) is 0 Å². The third-order valence-corrected chi connectivity index (χ3v) is 3.64. The standard InChI is InChI=1S/C16H26N4O/c1-2-10-21-15-9-8-13(11-18-15)12-19-16(17)20-14-6-4-3-5-7-14/h8-9,11,14H,2-7,10,12H2,1H3,(H3,17,19,20). The van der Waals surface area contributed by atoms with Gasteiger partial charge in [-0.3, -0.25) is 0 Å². The highest BCUT2D eigenvalue weighted by Gasteiger charge is 2.13. The molecule has 0 amide bonds. The number of rotatable bonds is 6. The van der Waals surface area contributed by atoms with Crippen molar-refractivity contribution in [1.29, 1.82) is 0 Å². The number of nitrogens with two attached hydrogens (primary N) is 1. The normalized spacial score (nSPS) is 16.7. The second-order valence-corrected chi connectivity index (χ2v) is 5.53. The third-order valence-electron chi connectivity index (χ3n) is 3.64. The van der Waals surface area contributed by atoms with E-state index in [0.29, 0.717) is 31.0 Å². The smallest absolute Gasteiger partial charge is 0.213 e. The second kappa shape index (κ2) is 8.49. The number of pyridine rings is 1. The molecule has 0 unspecified atom stereocenters. The Balaban J connectivity index is 1.78. The molecular formula is C16H26N4O. The summed E-state index contributed by atoms with van der Waals surface area (Å²) in [5.41, 5.74) is 6.98. The van der Waals surface area contributed by atoms with Gasteiger partial charge in [-0.2, -0.15) is 0 Å². The Labute approximate surface area is 127 Å². The van der Waals surface area contributed by atoms with Crippen molar-refractivity contribution in [2.75, 3.05) is 6.61 Å². The fourth-order valence-electron chi connectivity index (χ4n) is 2.47. The maximum atomic E-state index is 5.94. The second-order valence-electron chi connectivity index (χ2n) is 5.53. The summed E-state index contributed by atoms with van der Waals surface area (Å²) in [5.74, 6) is 1.20. The van der Waals surface area contributed by atoms with Crippen LogP contribution >= 0.6 is 0 Å². The fraction of sp³-hybridized carbons (Fsp3) is 0.625. The molecule has 116 valence electrons. The van der Waals surface area contributed by atoms with E-state index in [1.807, 2.05) is 12.1 Å². The Hall–Kier alpha value is -1.78. The fourth-order valence-corrected chi connectivity index (χ4v) is 2.47. The van der Waals surface area contributed by atoms with Crippen LogP contribution in [0, 0.1) is 0 Å². The van der Waals surface area contributed by atoms with Crippen LogP contribution in [0.25, 0.3) is 0 Å². The first-order chi connectivity index (χ1) is 10.3. The van der Waals surface area contributed by atoms with Crippen LogP contribution in [0.2, 0.25) is 0 Å². The quantitative estimate of drug-likeness (QED) is 0.624. The maximum absolute atomic E-state index is 5.94. The molecule has 1 saturated carbocycles. The van der Waals surface area contributed by atoms with Crippen LogP contribution in [0.5, 0.6) is 5.88 Å². The van der Waals surface area contributed by atoms with E-state index in [1.165, 1.54) is 32.1 Å². The molecule has 1 aliphatic rings. The van der Waals surface area contributed by atoms with Gasteiger partial charge in [0.2, 0.25) is 5.88 Å². The predicted octanol–water partition coefficient (Wildman–Crippen LogP) is 2.61. The number of nitrogens with zero attached hydrogens (tertiary/aromatic N) is 2. The van der Waals surface area contributed by atoms with Crippen LogP contribution in [-0.4, -0.2) is 23.6 Å². The lowest BCUT2D eigenvalue weighted by atomic mass is 9.96. The van der Waals surface area contributed by atoms with E-state index in [-0.39, 0.29) is 0 Å². The summed E-state index contributed by atoms with van der Waals surface area (Å²) >= 11 is 0. The Morgan fingerprint density at radius 3 is 2.86 bits per heavy atom. The van der Waals surface area contributed by atoms with E-state index >= 15 is 0 Å². The molecule has 0 radical (unpaired) electrons. The molecule has 0 spiro atoms. The van der Waals surface area contributed by atoms with Gasteiger partial charge in [-0.25, -0.2) is 9.98 Å². The van der Waals surface area contributed by atoms with Gasteiger partial charge < -0.3 is 15.8 Å². The van der Waals surface area contributed by atoms with Crippen LogP contribution in [0.3, 0.4) is 0 Å². The molecule has 1 aliphatic carbocycles. The number of guanidine groups is 1. The van der Waals surface area contributed by atoms with Crippen molar-refractivity contribution >= 4 is 5.96 Å². The number of aromatic nitrogens is 1. The molecule has 5 nitrogen and oxygen atoms in total. The minimum absolute atomic E-state index is 0.491. The molecule has 2 rings (SSSR count). The summed E-state index contributed by atoms with van der Waals surface area (Å²) in [5, 5.41) is 3.31. The first-order valence-electron chi connectivity index (χ1n) is 7.92. The van der Waals surface area contributed by atoms with E-state index in [1.54, 1.807) is 6.20 Å². The molecule has 0 saturated heterocycles. The van der Waals surface area contributed by atoms with Crippen molar-refractivity contribution in [2.45, 2.75) is 58.0 Å². The van der Waals surface area contributed by atoms with Gasteiger partial charge in [0.15, 0.2) is 5.96 Å². The van der Waals surface area contributed by atoms with Crippen molar-refractivity contribution < 1.29 is 4.74 Å². The highest BCUT2D eigenvalue weighted by Crippen LogP contribution is 2.17. The molecule has 1 aromatic heterocycles. The van der Waals surface area contributed by atoms with Crippen molar-refractivity contribution in [3.8, 4) is 5.88 Å². The van der Waals surface area contributed by atoms with E-state index in [4.69, 9.17) is 10.5 Å². The highest BCUT2D eigenvalue weighted by molar-refractivity contribution is 5.78. The molecule has 1 aromatic rings. The molecule has 0 aromatic carbocycles. The van der Waals surface area contributed by atoms with Crippen LogP contribution in [-0.2, 0) is 6.54 Å². The number of nitrogens with one attached hydrogen (secondary N) is 1. The molecule has 0 aliphatic heterocycles.